The third-order valence-corrected chi connectivity index (χ3v) is 2.23. The van der Waals surface area contributed by atoms with E-state index in [0.717, 1.165) is 15.7 Å². The number of amides is 1. The fourth-order valence-electron chi connectivity index (χ4n) is 1.05. The maximum Gasteiger partial charge on any atom is 0.230 e. The number of azide groups is 1. The summed E-state index contributed by atoms with van der Waals surface area (Å²) in [4.78, 5) is 13.7. The Hall–Kier alpha value is -1.52. The van der Waals surface area contributed by atoms with E-state index in [9.17, 15) is 4.79 Å². The van der Waals surface area contributed by atoms with Crippen LogP contribution in [0.5, 0.6) is 0 Å². The molecule has 0 aromatic heterocycles. The van der Waals surface area contributed by atoms with E-state index >= 15 is 0 Å². The first kappa shape index (κ1) is 11.6. The number of hydrogen-bond donors (Lipinski definition) is 1. The summed E-state index contributed by atoms with van der Waals surface area (Å²) in [6, 6.07) is 5.51. The second-order valence-electron chi connectivity index (χ2n) is 2.90. The Balaban J connectivity index is 2.72. The number of benzene rings is 1. The second-order valence-corrected chi connectivity index (χ2v) is 3.81. The lowest BCUT2D eigenvalue weighted by Gasteiger charge is -2.06. The van der Waals surface area contributed by atoms with Crippen LogP contribution in [-0.2, 0) is 4.79 Å². The number of halogens is 1. The van der Waals surface area contributed by atoms with Crippen molar-refractivity contribution in [3.8, 4) is 0 Å². The normalized spacial score (nSPS) is 9.20. The van der Waals surface area contributed by atoms with Gasteiger partial charge in [0.1, 0.15) is 6.54 Å². The summed E-state index contributed by atoms with van der Waals surface area (Å²) in [7, 11) is 0. The van der Waals surface area contributed by atoms with E-state index in [1.54, 1.807) is 6.07 Å². The molecule has 1 N–H and O–H groups in total. The molecule has 0 aliphatic rings. The Bertz CT molecular complexity index is 426. The highest BCUT2D eigenvalue weighted by atomic mass is 79.9. The summed E-state index contributed by atoms with van der Waals surface area (Å²) < 4.78 is 0.952. The van der Waals surface area contributed by atoms with Gasteiger partial charge in [0.25, 0.3) is 0 Å². The van der Waals surface area contributed by atoms with Crippen molar-refractivity contribution in [3.05, 3.63) is 38.7 Å². The summed E-state index contributed by atoms with van der Waals surface area (Å²) in [6.45, 7) is 1.69. The number of carbonyl (C=O) groups is 1. The molecule has 15 heavy (non-hydrogen) atoms. The monoisotopic (exact) mass is 268 g/mol. The number of hydrogen-bond acceptors (Lipinski definition) is 2. The molecule has 1 aromatic rings. The Labute approximate surface area is 95.2 Å². The summed E-state index contributed by atoms with van der Waals surface area (Å²) in [5.41, 5.74) is 9.71. The quantitative estimate of drug-likeness (QED) is 0.511. The lowest BCUT2D eigenvalue weighted by molar-refractivity contribution is -0.114. The van der Waals surface area contributed by atoms with Gasteiger partial charge in [-0.2, -0.15) is 0 Å². The van der Waals surface area contributed by atoms with Crippen molar-refractivity contribution in [3.63, 3.8) is 0 Å². The Morgan fingerprint density at radius 3 is 3.00 bits per heavy atom. The van der Waals surface area contributed by atoms with E-state index < -0.39 is 0 Å². The average molecular weight is 269 g/mol. The first-order valence-electron chi connectivity index (χ1n) is 4.20. The van der Waals surface area contributed by atoms with Gasteiger partial charge in [-0.3, -0.25) is 4.79 Å². The Morgan fingerprint density at radius 1 is 1.67 bits per heavy atom. The number of anilines is 1. The predicted molar refractivity (Wildman–Crippen MR) is 61.5 cm³/mol. The van der Waals surface area contributed by atoms with E-state index in [2.05, 4.69) is 31.3 Å². The van der Waals surface area contributed by atoms with E-state index in [1.807, 2.05) is 19.1 Å². The number of aryl methyl sites for hydroxylation is 1. The molecule has 78 valence electrons. The Kier molecular flexibility index (Phi) is 4.15. The van der Waals surface area contributed by atoms with E-state index in [4.69, 9.17) is 5.53 Å². The molecule has 0 unspecified atom stereocenters. The maximum atomic E-state index is 11.2. The topological polar surface area (TPSA) is 77.9 Å². The molecular weight excluding hydrogens is 260 g/mol. The molecule has 0 atom stereocenters. The van der Waals surface area contributed by atoms with Crippen molar-refractivity contribution in [2.45, 2.75) is 6.92 Å². The second kappa shape index (κ2) is 5.38. The van der Waals surface area contributed by atoms with Crippen molar-refractivity contribution in [1.29, 1.82) is 0 Å². The molecule has 0 heterocycles. The van der Waals surface area contributed by atoms with Gasteiger partial charge in [-0.15, -0.1) is 0 Å². The van der Waals surface area contributed by atoms with E-state index in [-0.39, 0.29) is 12.5 Å². The van der Waals surface area contributed by atoms with Crippen LogP contribution in [0.2, 0.25) is 0 Å². The van der Waals surface area contributed by atoms with Crippen molar-refractivity contribution in [2.24, 2.45) is 5.11 Å². The lowest BCUT2D eigenvalue weighted by atomic mass is 10.2. The summed E-state index contributed by atoms with van der Waals surface area (Å²) >= 11 is 3.33. The SMILES string of the molecule is Cc1cc(Br)ccc1NC(=O)CN=[N+]=[N-]. The van der Waals surface area contributed by atoms with E-state index in [1.165, 1.54) is 0 Å². The molecule has 0 saturated heterocycles. The fourth-order valence-corrected chi connectivity index (χ4v) is 1.53. The third-order valence-electron chi connectivity index (χ3n) is 1.74. The summed E-state index contributed by atoms with van der Waals surface area (Å²) in [5.74, 6) is -0.321. The predicted octanol–water partition coefficient (Wildman–Crippen LogP) is 3.01. The fraction of sp³-hybridized carbons (Fsp3) is 0.222. The van der Waals surface area contributed by atoms with Crippen molar-refractivity contribution in [2.75, 3.05) is 11.9 Å². The molecule has 6 heteroatoms. The molecule has 5 nitrogen and oxygen atoms in total. The standard InChI is InChI=1S/C9H9BrN4O/c1-6-4-7(10)2-3-8(6)13-9(15)5-12-14-11/h2-4H,5H2,1H3,(H,13,15). The van der Waals surface area contributed by atoms with Gasteiger partial charge in [0.05, 0.1) is 0 Å². The highest BCUT2D eigenvalue weighted by molar-refractivity contribution is 9.10. The first-order chi connectivity index (χ1) is 7.13. The van der Waals surface area contributed by atoms with Gasteiger partial charge in [0.15, 0.2) is 0 Å². The molecule has 0 saturated carbocycles. The maximum absolute atomic E-state index is 11.2. The van der Waals surface area contributed by atoms with E-state index in [0.29, 0.717) is 0 Å². The van der Waals surface area contributed by atoms with Gasteiger partial charge >= 0.3 is 0 Å². The minimum Gasteiger partial charge on any atom is -0.326 e. The van der Waals surface area contributed by atoms with Crippen molar-refractivity contribution < 1.29 is 4.79 Å². The molecule has 0 aliphatic carbocycles. The van der Waals surface area contributed by atoms with Crippen LogP contribution in [0, 0.1) is 6.92 Å². The smallest absolute Gasteiger partial charge is 0.230 e. The Morgan fingerprint density at radius 2 is 2.40 bits per heavy atom. The van der Waals surface area contributed by atoms with Gasteiger partial charge in [0.2, 0.25) is 5.91 Å². The van der Waals surface area contributed by atoms with Crippen LogP contribution in [0.15, 0.2) is 27.8 Å². The highest BCUT2D eigenvalue weighted by Gasteiger charge is 2.03. The first-order valence-corrected chi connectivity index (χ1v) is 4.99. The molecule has 0 bridgehead atoms. The zero-order valence-electron chi connectivity index (χ0n) is 8.07. The zero-order chi connectivity index (χ0) is 11.3. The molecule has 0 aliphatic heterocycles. The van der Waals surface area contributed by atoms with Crippen molar-refractivity contribution >= 4 is 27.5 Å². The largest absolute Gasteiger partial charge is 0.326 e. The van der Waals surface area contributed by atoms with Crippen LogP contribution in [0.1, 0.15) is 5.56 Å². The minimum absolute atomic E-state index is 0.188. The molecule has 1 rings (SSSR count). The van der Waals surface area contributed by atoms with Gasteiger partial charge in [0, 0.05) is 15.1 Å². The van der Waals surface area contributed by atoms with Crippen LogP contribution in [0.3, 0.4) is 0 Å². The van der Waals surface area contributed by atoms with Crippen molar-refractivity contribution in [1.82, 2.24) is 0 Å². The van der Waals surface area contributed by atoms with Gasteiger partial charge in [-0.1, -0.05) is 21.0 Å². The van der Waals surface area contributed by atoms with Crippen LogP contribution >= 0.6 is 15.9 Å². The van der Waals surface area contributed by atoms with Crippen LogP contribution in [0.4, 0.5) is 5.69 Å². The molecule has 0 spiro atoms. The zero-order valence-corrected chi connectivity index (χ0v) is 9.65. The van der Waals surface area contributed by atoms with Crippen LogP contribution in [-0.4, -0.2) is 12.5 Å². The molecule has 0 fully saturated rings. The van der Waals surface area contributed by atoms with Gasteiger partial charge in [-0.05, 0) is 36.2 Å². The molecular formula is C9H9BrN4O. The molecule has 0 radical (unpaired) electrons. The summed E-state index contributed by atoms with van der Waals surface area (Å²) in [5, 5.41) is 5.82. The molecule has 1 aromatic carbocycles. The van der Waals surface area contributed by atoms with Gasteiger partial charge in [-0.25, -0.2) is 0 Å². The number of rotatable bonds is 3. The van der Waals surface area contributed by atoms with Gasteiger partial charge < -0.3 is 5.32 Å². The van der Waals surface area contributed by atoms with Crippen LogP contribution in [0.25, 0.3) is 10.4 Å². The third kappa shape index (κ3) is 3.61. The van der Waals surface area contributed by atoms with Crippen LogP contribution < -0.4 is 5.32 Å². The molecule has 1 amide bonds. The lowest BCUT2D eigenvalue weighted by Crippen LogP contribution is -2.14. The number of nitrogens with one attached hydrogen (secondary N) is 1. The summed E-state index contributed by atoms with van der Waals surface area (Å²) in [6.07, 6.45) is 0. The minimum atomic E-state index is -0.321. The average Bonchev–Trinajstić information content (AvgIpc) is 2.19. The number of carbonyl (C=O) groups excluding carboxylic acids is 1. The highest BCUT2D eigenvalue weighted by Crippen LogP contribution is 2.19. The number of nitrogens with zero attached hydrogens (tertiary/aromatic N) is 3.